The Labute approximate surface area is 105 Å². The third kappa shape index (κ3) is 3.74. The maximum absolute atomic E-state index is 5.10. The molecule has 0 atom stereocenters. The molecule has 0 aliphatic carbocycles. The molecule has 1 aliphatic rings. The normalized spacial score (nSPS) is 16.2. The van der Waals surface area contributed by atoms with E-state index in [4.69, 9.17) is 4.74 Å². The van der Waals surface area contributed by atoms with Crippen molar-refractivity contribution in [3.8, 4) is 0 Å². The van der Waals surface area contributed by atoms with Crippen LogP contribution in [0.1, 0.15) is 31.2 Å². The molecule has 1 aliphatic heterocycles. The van der Waals surface area contributed by atoms with E-state index in [2.05, 4.69) is 29.2 Å². The Balaban J connectivity index is 1.95. The average molecular weight is 233 g/mol. The van der Waals surface area contributed by atoms with Gasteiger partial charge in [-0.3, -0.25) is 0 Å². The molecule has 0 amide bonds. The molecule has 1 heterocycles. The molecule has 0 aromatic heterocycles. The molecule has 0 spiro atoms. The number of aryl methyl sites for hydroxylation is 1. The van der Waals surface area contributed by atoms with E-state index in [1.165, 1.54) is 43.6 Å². The van der Waals surface area contributed by atoms with Gasteiger partial charge in [0.25, 0.3) is 0 Å². The van der Waals surface area contributed by atoms with Crippen molar-refractivity contribution in [1.29, 1.82) is 0 Å². The Hall–Kier alpha value is -1.02. The van der Waals surface area contributed by atoms with E-state index >= 15 is 0 Å². The van der Waals surface area contributed by atoms with Crippen LogP contribution in [0.3, 0.4) is 0 Å². The maximum atomic E-state index is 5.10. The molecule has 0 unspecified atom stereocenters. The lowest BCUT2D eigenvalue weighted by molar-refractivity contribution is 0.195. The number of rotatable bonds is 5. The monoisotopic (exact) mass is 233 g/mol. The molecule has 1 aromatic rings. The second kappa shape index (κ2) is 6.65. The van der Waals surface area contributed by atoms with Crippen molar-refractivity contribution in [3.63, 3.8) is 0 Å². The Morgan fingerprint density at radius 1 is 1.18 bits per heavy atom. The molecule has 1 saturated heterocycles. The van der Waals surface area contributed by atoms with Gasteiger partial charge in [0, 0.05) is 32.5 Å². The summed E-state index contributed by atoms with van der Waals surface area (Å²) in [6.45, 7) is 3.30. The van der Waals surface area contributed by atoms with Crippen molar-refractivity contribution < 1.29 is 4.74 Å². The Morgan fingerprint density at radius 3 is 2.76 bits per heavy atom. The SMILES string of the molecule is COCCCc1cccc(N2CCCCC2)c1. The molecule has 2 nitrogen and oxygen atoms in total. The van der Waals surface area contributed by atoms with Gasteiger partial charge in [-0.25, -0.2) is 0 Å². The minimum Gasteiger partial charge on any atom is -0.385 e. The Kier molecular flexibility index (Phi) is 4.87. The predicted molar refractivity (Wildman–Crippen MR) is 72.7 cm³/mol. The lowest BCUT2D eigenvalue weighted by Crippen LogP contribution is -2.29. The molecule has 1 fully saturated rings. The van der Waals surface area contributed by atoms with Crippen molar-refractivity contribution in [2.75, 3.05) is 31.7 Å². The lowest BCUT2D eigenvalue weighted by atomic mass is 10.1. The van der Waals surface area contributed by atoms with Crippen LogP contribution in [0.4, 0.5) is 5.69 Å². The lowest BCUT2D eigenvalue weighted by Gasteiger charge is -2.29. The van der Waals surface area contributed by atoms with E-state index in [0.717, 1.165) is 19.4 Å². The van der Waals surface area contributed by atoms with Gasteiger partial charge in [-0.15, -0.1) is 0 Å². The van der Waals surface area contributed by atoms with Crippen LogP contribution in [-0.4, -0.2) is 26.8 Å². The van der Waals surface area contributed by atoms with E-state index in [0.29, 0.717) is 0 Å². The minimum atomic E-state index is 0.855. The molecular weight excluding hydrogens is 210 g/mol. The third-order valence-corrected chi connectivity index (χ3v) is 3.45. The second-order valence-electron chi connectivity index (χ2n) is 4.81. The number of anilines is 1. The summed E-state index contributed by atoms with van der Waals surface area (Å²) in [4.78, 5) is 2.52. The molecule has 2 heteroatoms. The van der Waals surface area contributed by atoms with Gasteiger partial charge in [0.05, 0.1) is 0 Å². The van der Waals surface area contributed by atoms with Gasteiger partial charge >= 0.3 is 0 Å². The fourth-order valence-corrected chi connectivity index (χ4v) is 2.48. The largest absolute Gasteiger partial charge is 0.385 e. The number of piperidine rings is 1. The quantitative estimate of drug-likeness (QED) is 0.724. The fraction of sp³-hybridized carbons (Fsp3) is 0.600. The van der Waals surface area contributed by atoms with E-state index in [1.54, 1.807) is 7.11 Å². The van der Waals surface area contributed by atoms with Gasteiger partial charge in [-0.05, 0) is 49.8 Å². The molecule has 1 aromatic carbocycles. The zero-order valence-corrected chi connectivity index (χ0v) is 10.8. The third-order valence-electron chi connectivity index (χ3n) is 3.45. The van der Waals surface area contributed by atoms with Crippen LogP contribution in [-0.2, 0) is 11.2 Å². The second-order valence-corrected chi connectivity index (χ2v) is 4.81. The summed E-state index contributed by atoms with van der Waals surface area (Å²) in [7, 11) is 1.77. The highest BCUT2D eigenvalue weighted by Crippen LogP contribution is 2.21. The first-order valence-electron chi connectivity index (χ1n) is 6.73. The molecule has 94 valence electrons. The maximum Gasteiger partial charge on any atom is 0.0465 e. The number of hydrogen-bond acceptors (Lipinski definition) is 2. The zero-order valence-electron chi connectivity index (χ0n) is 10.8. The van der Waals surface area contributed by atoms with Gasteiger partial charge in [0.1, 0.15) is 0 Å². The highest BCUT2D eigenvalue weighted by atomic mass is 16.5. The van der Waals surface area contributed by atoms with Gasteiger partial charge in [-0.2, -0.15) is 0 Å². The number of nitrogens with zero attached hydrogens (tertiary/aromatic N) is 1. The van der Waals surface area contributed by atoms with Crippen LogP contribution in [0.5, 0.6) is 0 Å². The Bertz CT molecular complexity index is 331. The fourth-order valence-electron chi connectivity index (χ4n) is 2.48. The summed E-state index contributed by atoms with van der Waals surface area (Å²) in [5.74, 6) is 0. The Morgan fingerprint density at radius 2 is 2.00 bits per heavy atom. The molecule has 17 heavy (non-hydrogen) atoms. The summed E-state index contributed by atoms with van der Waals surface area (Å²) in [6, 6.07) is 9.00. The molecular formula is C15H23NO. The van der Waals surface area contributed by atoms with Crippen LogP contribution in [0, 0.1) is 0 Å². The van der Waals surface area contributed by atoms with Gasteiger partial charge < -0.3 is 9.64 Å². The van der Waals surface area contributed by atoms with E-state index < -0.39 is 0 Å². The van der Waals surface area contributed by atoms with E-state index in [-0.39, 0.29) is 0 Å². The standard InChI is InChI=1S/C15H23NO/c1-17-12-6-8-14-7-5-9-15(13-14)16-10-3-2-4-11-16/h5,7,9,13H,2-4,6,8,10-12H2,1H3. The first-order chi connectivity index (χ1) is 8.40. The molecule has 0 saturated carbocycles. The van der Waals surface area contributed by atoms with Gasteiger partial charge in [0.15, 0.2) is 0 Å². The van der Waals surface area contributed by atoms with Crippen LogP contribution < -0.4 is 4.90 Å². The van der Waals surface area contributed by atoms with Crippen LogP contribution in [0.25, 0.3) is 0 Å². The van der Waals surface area contributed by atoms with Crippen LogP contribution in [0.15, 0.2) is 24.3 Å². The van der Waals surface area contributed by atoms with Gasteiger partial charge in [-0.1, -0.05) is 12.1 Å². The molecule has 2 rings (SSSR count). The average Bonchev–Trinajstić information content (AvgIpc) is 2.41. The first-order valence-corrected chi connectivity index (χ1v) is 6.73. The summed E-state index contributed by atoms with van der Waals surface area (Å²) >= 11 is 0. The predicted octanol–water partition coefficient (Wildman–Crippen LogP) is 3.26. The molecule has 0 bridgehead atoms. The van der Waals surface area contributed by atoms with Crippen molar-refractivity contribution >= 4 is 5.69 Å². The summed E-state index contributed by atoms with van der Waals surface area (Å²) in [5, 5.41) is 0. The van der Waals surface area contributed by atoms with Crippen molar-refractivity contribution in [2.45, 2.75) is 32.1 Å². The van der Waals surface area contributed by atoms with E-state index in [1.807, 2.05) is 0 Å². The van der Waals surface area contributed by atoms with E-state index in [9.17, 15) is 0 Å². The van der Waals surface area contributed by atoms with Crippen molar-refractivity contribution in [3.05, 3.63) is 29.8 Å². The topological polar surface area (TPSA) is 12.5 Å². The number of ether oxygens (including phenoxy) is 1. The van der Waals surface area contributed by atoms with Gasteiger partial charge in [0.2, 0.25) is 0 Å². The summed E-state index contributed by atoms with van der Waals surface area (Å²) < 4.78 is 5.10. The smallest absolute Gasteiger partial charge is 0.0465 e. The molecule has 0 N–H and O–H groups in total. The highest BCUT2D eigenvalue weighted by molar-refractivity contribution is 5.48. The van der Waals surface area contributed by atoms with Crippen molar-refractivity contribution in [1.82, 2.24) is 0 Å². The summed E-state index contributed by atoms with van der Waals surface area (Å²) in [5.41, 5.74) is 2.84. The number of methoxy groups -OCH3 is 1. The number of benzene rings is 1. The summed E-state index contributed by atoms with van der Waals surface area (Å²) in [6.07, 6.45) is 6.31. The zero-order chi connectivity index (χ0) is 11.9. The molecule has 0 radical (unpaired) electrons. The van der Waals surface area contributed by atoms with Crippen LogP contribution in [0.2, 0.25) is 0 Å². The highest BCUT2D eigenvalue weighted by Gasteiger charge is 2.10. The first kappa shape index (κ1) is 12.4. The minimum absolute atomic E-state index is 0.855. The van der Waals surface area contributed by atoms with Crippen LogP contribution >= 0.6 is 0 Å². The van der Waals surface area contributed by atoms with Crippen molar-refractivity contribution in [2.24, 2.45) is 0 Å². The number of hydrogen-bond donors (Lipinski definition) is 0.